The van der Waals surface area contributed by atoms with Gasteiger partial charge in [-0.2, -0.15) is 0 Å². The number of methoxy groups -OCH3 is 1. The van der Waals surface area contributed by atoms with Crippen LogP contribution < -0.4 is 9.64 Å². The second kappa shape index (κ2) is 11.0. The summed E-state index contributed by atoms with van der Waals surface area (Å²) in [5.74, 6) is -0.401. The molecule has 1 aromatic heterocycles. The van der Waals surface area contributed by atoms with Crippen LogP contribution in [0.15, 0.2) is 76.6 Å². The van der Waals surface area contributed by atoms with E-state index in [9.17, 15) is 14.7 Å². The van der Waals surface area contributed by atoms with Gasteiger partial charge in [-0.15, -0.1) is 10.2 Å². The highest BCUT2D eigenvalue weighted by molar-refractivity contribution is 8.00. The lowest BCUT2D eigenvalue weighted by Crippen LogP contribution is -2.29. The van der Waals surface area contributed by atoms with E-state index in [0.717, 1.165) is 16.7 Å². The number of benzene rings is 3. The first-order valence-electron chi connectivity index (χ1n) is 12.3. The number of aliphatic hydroxyl groups excluding tert-OH is 1. The number of anilines is 1. The third-order valence-electron chi connectivity index (χ3n) is 6.61. The molecule has 1 atom stereocenters. The summed E-state index contributed by atoms with van der Waals surface area (Å²) in [6.45, 7) is 5.81. The van der Waals surface area contributed by atoms with Gasteiger partial charge in [0.15, 0.2) is 4.34 Å². The molecule has 0 spiro atoms. The van der Waals surface area contributed by atoms with E-state index < -0.39 is 17.7 Å². The molecule has 1 fully saturated rings. The molecule has 0 aliphatic carbocycles. The number of thioether (sulfide) groups is 1. The van der Waals surface area contributed by atoms with Gasteiger partial charge in [0.2, 0.25) is 5.13 Å². The molecule has 3 aromatic carbocycles. The van der Waals surface area contributed by atoms with E-state index in [1.807, 2.05) is 39.0 Å². The quantitative estimate of drug-likeness (QED) is 0.0925. The van der Waals surface area contributed by atoms with Gasteiger partial charge in [0, 0.05) is 11.3 Å². The smallest absolute Gasteiger partial charge is 0.301 e. The van der Waals surface area contributed by atoms with E-state index in [4.69, 9.17) is 4.74 Å². The molecule has 1 amide bonds. The number of aromatic nitrogens is 2. The lowest BCUT2D eigenvalue weighted by atomic mass is 9.93. The Morgan fingerprint density at radius 2 is 1.67 bits per heavy atom. The van der Waals surface area contributed by atoms with E-state index >= 15 is 0 Å². The Morgan fingerprint density at radius 1 is 0.974 bits per heavy atom. The summed E-state index contributed by atoms with van der Waals surface area (Å²) in [4.78, 5) is 28.3. The Labute approximate surface area is 235 Å². The number of aryl methyl sites for hydroxylation is 3. The zero-order chi connectivity index (χ0) is 27.7. The molecular weight excluding hydrogens is 530 g/mol. The Morgan fingerprint density at radius 3 is 2.36 bits per heavy atom. The summed E-state index contributed by atoms with van der Waals surface area (Å²) < 4.78 is 5.98. The number of nitrogens with zero attached hydrogens (tertiary/aromatic N) is 3. The molecule has 5 rings (SSSR count). The van der Waals surface area contributed by atoms with Crippen LogP contribution >= 0.6 is 23.1 Å². The lowest BCUT2D eigenvalue weighted by molar-refractivity contribution is -0.132. The fourth-order valence-corrected chi connectivity index (χ4v) is 6.28. The molecule has 1 N–H and O–H groups in total. The summed E-state index contributed by atoms with van der Waals surface area (Å²) in [5, 5.41) is 20.3. The maximum absolute atomic E-state index is 13.5. The number of ketones is 1. The largest absolute Gasteiger partial charge is 0.507 e. The van der Waals surface area contributed by atoms with Gasteiger partial charge < -0.3 is 9.84 Å². The van der Waals surface area contributed by atoms with Crippen LogP contribution in [0.1, 0.15) is 39.4 Å². The number of carbonyl (C=O) groups excluding carboxylic acids is 2. The van der Waals surface area contributed by atoms with Gasteiger partial charge in [0.1, 0.15) is 11.5 Å². The van der Waals surface area contributed by atoms with Gasteiger partial charge in [-0.25, -0.2) is 0 Å². The predicted octanol–water partition coefficient (Wildman–Crippen LogP) is 6.39. The number of carbonyl (C=O) groups is 2. The van der Waals surface area contributed by atoms with Crippen LogP contribution in [0.4, 0.5) is 5.13 Å². The first kappa shape index (κ1) is 26.6. The number of ether oxygens (including phenoxy) is 1. The third kappa shape index (κ3) is 5.32. The van der Waals surface area contributed by atoms with Crippen LogP contribution in [-0.2, 0) is 15.3 Å². The first-order valence-corrected chi connectivity index (χ1v) is 14.1. The van der Waals surface area contributed by atoms with Crippen molar-refractivity contribution in [3.05, 3.63) is 106 Å². The fourth-order valence-electron chi connectivity index (χ4n) is 4.46. The minimum atomic E-state index is -0.876. The highest BCUT2D eigenvalue weighted by Gasteiger charge is 2.48. The van der Waals surface area contributed by atoms with E-state index in [2.05, 4.69) is 34.5 Å². The Hall–Kier alpha value is -3.95. The molecule has 1 aliphatic heterocycles. The average molecular weight is 558 g/mol. The lowest BCUT2D eigenvalue weighted by Gasteiger charge is -2.23. The Bertz CT molecular complexity index is 1580. The maximum atomic E-state index is 13.5. The molecule has 39 heavy (non-hydrogen) atoms. The fraction of sp³-hybridized carbons (Fsp3) is 0.200. The van der Waals surface area contributed by atoms with Crippen LogP contribution in [0.2, 0.25) is 0 Å². The Balaban J connectivity index is 1.56. The normalized spacial score (nSPS) is 16.6. The van der Waals surface area contributed by atoms with Gasteiger partial charge >= 0.3 is 5.91 Å². The summed E-state index contributed by atoms with van der Waals surface area (Å²) in [6, 6.07) is 20.1. The highest BCUT2D eigenvalue weighted by Crippen LogP contribution is 2.44. The SMILES string of the molecule is COc1ccc(C2C(=C(O)c3cc(C)ccc3C)C(=O)C(=O)N2c2nnc(SCc3ccc(C)cc3)s2)cc1. The molecule has 7 nitrogen and oxygen atoms in total. The van der Waals surface area contributed by atoms with Crippen molar-refractivity contribution >= 4 is 45.7 Å². The highest BCUT2D eigenvalue weighted by atomic mass is 32.2. The molecule has 2 heterocycles. The van der Waals surface area contributed by atoms with Gasteiger partial charge in [-0.3, -0.25) is 14.5 Å². The van der Waals surface area contributed by atoms with Gasteiger partial charge in [0.25, 0.3) is 5.78 Å². The minimum Gasteiger partial charge on any atom is -0.507 e. The van der Waals surface area contributed by atoms with Crippen molar-refractivity contribution in [3.8, 4) is 5.75 Å². The monoisotopic (exact) mass is 557 g/mol. The van der Waals surface area contributed by atoms with Crippen LogP contribution in [0.25, 0.3) is 5.76 Å². The van der Waals surface area contributed by atoms with Gasteiger partial charge in [-0.05, 0) is 55.7 Å². The first-order chi connectivity index (χ1) is 18.8. The summed E-state index contributed by atoms with van der Waals surface area (Å²) in [7, 11) is 1.57. The summed E-state index contributed by atoms with van der Waals surface area (Å²) in [5.41, 5.74) is 5.23. The number of hydrogen-bond donors (Lipinski definition) is 1. The van der Waals surface area contributed by atoms with Crippen molar-refractivity contribution < 1.29 is 19.4 Å². The van der Waals surface area contributed by atoms with Gasteiger partial charge in [0.05, 0.1) is 18.7 Å². The number of hydrogen-bond acceptors (Lipinski definition) is 8. The number of rotatable bonds is 7. The van der Waals surface area contributed by atoms with Crippen molar-refractivity contribution in [2.24, 2.45) is 0 Å². The zero-order valence-corrected chi connectivity index (χ0v) is 23.6. The molecule has 0 saturated carbocycles. The van der Waals surface area contributed by atoms with Crippen LogP contribution in [0.3, 0.4) is 0 Å². The molecule has 1 aliphatic rings. The van der Waals surface area contributed by atoms with Crippen molar-refractivity contribution in [2.75, 3.05) is 12.0 Å². The number of aliphatic hydroxyl groups is 1. The molecule has 9 heteroatoms. The molecule has 0 radical (unpaired) electrons. The van der Waals surface area contributed by atoms with Crippen molar-refractivity contribution in [1.29, 1.82) is 0 Å². The molecular formula is C30H27N3O4S2. The summed E-state index contributed by atoms with van der Waals surface area (Å²) >= 11 is 2.76. The van der Waals surface area contributed by atoms with Crippen LogP contribution in [0.5, 0.6) is 5.75 Å². The number of amides is 1. The maximum Gasteiger partial charge on any atom is 0.301 e. The van der Waals surface area contributed by atoms with E-state index in [1.54, 1.807) is 31.4 Å². The molecule has 4 aromatic rings. The van der Waals surface area contributed by atoms with E-state index in [-0.39, 0.29) is 11.3 Å². The molecule has 1 unspecified atom stereocenters. The average Bonchev–Trinajstić information content (AvgIpc) is 3.51. The van der Waals surface area contributed by atoms with Crippen LogP contribution in [-0.4, -0.2) is 34.1 Å². The zero-order valence-electron chi connectivity index (χ0n) is 22.0. The minimum absolute atomic E-state index is 0.0166. The van der Waals surface area contributed by atoms with Crippen molar-refractivity contribution in [3.63, 3.8) is 0 Å². The molecule has 0 bridgehead atoms. The second-order valence-corrected chi connectivity index (χ2v) is 11.6. The third-order valence-corrected chi connectivity index (χ3v) is 8.74. The van der Waals surface area contributed by atoms with Crippen LogP contribution in [0, 0.1) is 20.8 Å². The Kier molecular flexibility index (Phi) is 7.54. The second-order valence-electron chi connectivity index (χ2n) is 9.39. The number of Topliss-reactive ketones (excluding diaryl/α,β-unsaturated/α-hetero) is 1. The van der Waals surface area contributed by atoms with E-state index in [1.165, 1.54) is 33.6 Å². The predicted molar refractivity (Wildman–Crippen MR) is 154 cm³/mol. The molecule has 1 saturated heterocycles. The van der Waals surface area contributed by atoms with E-state index in [0.29, 0.717) is 32.1 Å². The van der Waals surface area contributed by atoms with Gasteiger partial charge in [-0.1, -0.05) is 82.8 Å². The topological polar surface area (TPSA) is 92.6 Å². The standard InChI is InChI=1S/C30H27N3O4S2/c1-17-6-9-20(10-7-17)16-38-30-32-31-29(39-30)33-25(21-11-13-22(37-4)14-12-21)24(27(35)28(33)36)26(34)23-15-18(2)5-8-19(23)3/h5-15,25,34H,16H2,1-4H3. The summed E-state index contributed by atoms with van der Waals surface area (Å²) in [6.07, 6.45) is 0. The van der Waals surface area contributed by atoms with Crippen molar-refractivity contribution in [2.45, 2.75) is 36.9 Å². The molecule has 198 valence electrons. The van der Waals surface area contributed by atoms with Crippen molar-refractivity contribution in [1.82, 2.24) is 10.2 Å².